The van der Waals surface area contributed by atoms with Crippen LogP contribution in [0.5, 0.6) is 0 Å². The summed E-state index contributed by atoms with van der Waals surface area (Å²) in [5.41, 5.74) is 5.18. The lowest BCUT2D eigenvalue weighted by Gasteiger charge is -2.06. The van der Waals surface area contributed by atoms with Gasteiger partial charge in [-0.3, -0.25) is 20.3 Å². The average molecular weight is 557 g/mol. The quantitative estimate of drug-likeness (QED) is 0.147. The second-order valence-electron chi connectivity index (χ2n) is 6.89. The maximum Gasteiger partial charge on any atom is 0.270 e. The van der Waals surface area contributed by atoms with Crippen LogP contribution in [0.3, 0.4) is 0 Å². The van der Waals surface area contributed by atoms with Gasteiger partial charge in [0, 0.05) is 38.3 Å². The van der Waals surface area contributed by atoms with Gasteiger partial charge in [0.05, 0.1) is 11.1 Å². The van der Waals surface area contributed by atoms with Gasteiger partial charge in [-0.05, 0) is 36.4 Å². The molecule has 2 N–H and O–H groups in total. The smallest absolute Gasteiger partial charge is 0.270 e. The molecule has 0 saturated heterocycles. The fourth-order valence-corrected chi connectivity index (χ4v) is 4.14. The lowest BCUT2D eigenvalue weighted by molar-refractivity contribution is -0.384. The molecule has 8 nitrogen and oxygen atoms in total. The highest BCUT2D eigenvalue weighted by atomic mass is 79.9. The van der Waals surface area contributed by atoms with Crippen LogP contribution in [0.15, 0.2) is 82.4 Å². The minimum atomic E-state index is -0.468. The Morgan fingerprint density at radius 1 is 1.12 bits per heavy atom. The highest BCUT2D eigenvalue weighted by Crippen LogP contribution is 2.36. The van der Waals surface area contributed by atoms with Crippen LogP contribution in [0, 0.1) is 10.1 Å². The second-order valence-corrected chi connectivity index (χ2v) is 9.24. The zero-order chi connectivity index (χ0) is 24.1. The zero-order valence-corrected chi connectivity index (χ0v) is 20.4. The molecule has 3 aromatic carbocycles. The molecule has 0 saturated carbocycles. The third kappa shape index (κ3) is 5.84. The molecule has 4 rings (SSSR count). The van der Waals surface area contributed by atoms with Crippen molar-refractivity contribution < 1.29 is 9.72 Å². The van der Waals surface area contributed by atoms with E-state index in [4.69, 9.17) is 11.6 Å². The number of hydrazone groups is 1. The van der Waals surface area contributed by atoms with E-state index in [0.29, 0.717) is 32.0 Å². The van der Waals surface area contributed by atoms with Gasteiger partial charge in [0.25, 0.3) is 11.6 Å². The SMILES string of the molecule is O=C(Nc1sc(N/N=C/c2cccc([N+](=O)[O-])c2)nc1-c1ccc(Cl)cc1)c1ccc(Br)cc1. The molecule has 0 unspecified atom stereocenters. The van der Waals surface area contributed by atoms with Gasteiger partial charge in [0.15, 0.2) is 0 Å². The molecular formula is C23H15BrClN5O3S. The second kappa shape index (κ2) is 10.6. The van der Waals surface area contributed by atoms with Crippen LogP contribution >= 0.6 is 38.9 Å². The van der Waals surface area contributed by atoms with Gasteiger partial charge >= 0.3 is 0 Å². The number of anilines is 2. The summed E-state index contributed by atoms with van der Waals surface area (Å²) in [6, 6.07) is 20.2. The summed E-state index contributed by atoms with van der Waals surface area (Å²) in [5.74, 6) is -0.280. The van der Waals surface area contributed by atoms with Gasteiger partial charge in [-0.25, -0.2) is 4.98 Å². The van der Waals surface area contributed by atoms with E-state index in [1.807, 2.05) is 12.1 Å². The molecule has 0 radical (unpaired) electrons. The standard InChI is InChI=1S/C23H15BrClN5O3S/c24-17-8-4-16(5-9-17)21(31)28-22-20(15-6-10-18(25)11-7-15)27-23(34-22)29-26-13-14-2-1-3-19(12-14)30(32)33/h1-13H,(H,27,29)(H,28,31)/b26-13+. The van der Waals surface area contributed by atoms with Crippen molar-refractivity contribution in [1.82, 2.24) is 4.98 Å². The minimum absolute atomic E-state index is 0.0267. The number of aromatic nitrogens is 1. The number of carbonyl (C=O) groups excluding carboxylic acids is 1. The molecule has 170 valence electrons. The molecule has 0 aliphatic heterocycles. The van der Waals surface area contributed by atoms with E-state index >= 15 is 0 Å². The Labute approximate surface area is 211 Å². The van der Waals surface area contributed by atoms with E-state index < -0.39 is 4.92 Å². The van der Waals surface area contributed by atoms with Crippen LogP contribution in [-0.2, 0) is 0 Å². The Kier molecular flexibility index (Phi) is 7.31. The Hall–Kier alpha value is -3.60. The maximum absolute atomic E-state index is 12.8. The summed E-state index contributed by atoms with van der Waals surface area (Å²) < 4.78 is 0.872. The van der Waals surface area contributed by atoms with Crippen LogP contribution in [0.2, 0.25) is 5.02 Å². The highest BCUT2D eigenvalue weighted by molar-refractivity contribution is 9.10. The van der Waals surface area contributed by atoms with E-state index in [2.05, 4.69) is 36.8 Å². The number of nitro benzene ring substituents is 1. The molecule has 0 bridgehead atoms. The number of non-ortho nitro benzene ring substituents is 1. The molecule has 0 fully saturated rings. The van der Waals surface area contributed by atoms with Gasteiger partial charge in [0.2, 0.25) is 5.13 Å². The van der Waals surface area contributed by atoms with Crippen LogP contribution in [0.1, 0.15) is 15.9 Å². The first-order chi connectivity index (χ1) is 16.4. The number of nitro groups is 1. The van der Waals surface area contributed by atoms with Crippen molar-refractivity contribution >= 4 is 66.8 Å². The molecule has 0 aliphatic carbocycles. The van der Waals surface area contributed by atoms with Crippen LogP contribution in [-0.4, -0.2) is 22.0 Å². The number of amides is 1. The zero-order valence-electron chi connectivity index (χ0n) is 17.2. The lowest BCUT2D eigenvalue weighted by Crippen LogP contribution is -2.11. The molecular weight excluding hydrogens is 542 g/mol. The number of carbonyl (C=O) groups is 1. The summed E-state index contributed by atoms with van der Waals surface area (Å²) >= 11 is 10.6. The van der Waals surface area contributed by atoms with Crippen molar-refractivity contribution in [3.8, 4) is 11.3 Å². The van der Waals surface area contributed by atoms with Crippen molar-refractivity contribution in [2.75, 3.05) is 10.7 Å². The fraction of sp³-hybridized carbons (Fsp3) is 0. The Morgan fingerprint density at radius 3 is 2.56 bits per heavy atom. The predicted octanol–water partition coefficient (Wildman–Crippen LogP) is 6.83. The van der Waals surface area contributed by atoms with E-state index in [0.717, 1.165) is 10.0 Å². The minimum Gasteiger partial charge on any atom is -0.312 e. The molecule has 0 atom stereocenters. The van der Waals surface area contributed by atoms with Gasteiger partial charge < -0.3 is 5.32 Å². The number of hydrogen-bond acceptors (Lipinski definition) is 7. The van der Waals surface area contributed by atoms with Gasteiger partial charge in [-0.2, -0.15) is 5.10 Å². The third-order valence-electron chi connectivity index (χ3n) is 4.53. The number of benzene rings is 3. The van der Waals surface area contributed by atoms with Crippen LogP contribution < -0.4 is 10.7 Å². The molecule has 0 spiro atoms. The van der Waals surface area contributed by atoms with E-state index in [1.165, 1.54) is 29.7 Å². The van der Waals surface area contributed by atoms with Crippen molar-refractivity contribution in [3.05, 3.63) is 104 Å². The normalized spacial score (nSPS) is 10.9. The first-order valence-corrected chi connectivity index (χ1v) is 11.7. The third-order valence-corrected chi connectivity index (χ3v) is 6.19. The van der Waals surface area contributed by atoms with Crippen LogP contribution in [0.25, 0.3) is 11.3 Å². The first kappa shape index (κ1) is 23.6. The Bertz CT molecular complexity index is 1370. The molecule has 1 heterocycles. The monoisotopic (exact) mass is 555 g/mol. The Balaban J connectivity index is 1.59. The fourth-order valence-electron chi connectivity index (χ4n) is 2.91. The highest BCUT2D eigenvalue weighted by Gasteiger charge is 2.17. The predicted molar refractivity (Wildman–Crippen MR) is 139 cm³/mol. The maximum atomic E-state index is 12.8. The number of hydrogen-bond donors (Lipinski definition) is 2. The molecule has 0 aliphatic rings. The van der Waals surface area contributed by atoms with Crippen LogP contribution in [0.4, 0.5) is 15.8 Å². The molecule has 1 amide bonds. The van der Waals surface area contributed by atoms with E-state index in [9.17, 15) is 14.9 Å². The van der Waals surface area contributed by atoms with Crippen molar-refractivity contribution in [3.63, 3.8) is 0 Å². The summed E-state index contributed by atoms with van der Waals surface area (Å²) in [4.78, 5) is 27.8. The molecule has 34 heavy (non-hydrogen) atoms. The summed E-state index contributed by atoms with van der Waals surface area (Å²) in [7, 11) is 0. The number of halogens is 2. The molecule has 4 aromatic rings. The molecule has 1 aromatic heterocycles. The number of rotatable bonds is 7. The Morgan fingerprint density at radius 2 is 1.85 bits per heavy atom. The van der Waals surface area contributed by atoms with E-state index in [-0.39, 0.29) is 11.6 Å². The first-order valence-electron chi connectivity index (χ1n) is 9.76. The summed E-state index contributed by atoms with van der Waals surface area (Å²) in [5, 5.41) is 19.5. The van der Waals surface area contributed by atoms with Gasteiger partial charge in [-0.15, -0.1) is 0 Å². The van der Waals surface area contributed by atoms with Crippen molar-refractivity contribution in [2.24, 2.45) is 5.10 Å². The summed E-state index contributed by atoms with van der Waals surface area (Å²) in [6.07, 6.45) is 1.45. The summed E-state index contributed by atoms with van der Waals surface area (Å²) in [6.45, 7) is 0. The van der Waals surface area contributed by atoms with E-state index in [1.54, 1.807) is 48.5 Å². The topological polar surface area (TPSA) is 110 Å². The molecule has 11 heteroatoms. The van der Waals surface area contributed by atoms with Gasteiger partial charge in [-0.1, -0.05) is 63.1 Å². The van der Waals surface area contributed by atoms with Crippen molar-refractivity contribution in [2.45, 2.75) is 0 Å². The number of thiazole rings is 1. The lowest BCUT2D eigenvalue weighted by atomic mass is 10.1. The van der Waals surface area contributed by atoms with Crippen molar-refractivity contribution in [1.29, 1.82) is 0 Å². The largest absolute Gasteiger partial charge is 0.312 e. The number of nitrogens with zero attached hydrogens (tertiary/aromatic N) is 3. The van der Waals surface area contributed by atoms with Gasteiger partial charge in [0.1, 0.15) is 10.7 Å². The number of nitrogens with one attached hydrogen (secondary N) is 2. The average Bonchev–Trinajstić information content (AvgIpc) is 3.22.